The highest BCUT2D eigenvalue weighted by Crippen LogP contribution is 2.15. The number of amides is 1. The van der Waals surface area contributed by atoms with Crippen LogP contribution in [-0.2, 0) is 13.1 Å². The fourth-order valence-corrected chi connectivity index (χ4v) is 2.77. The van der Waals surface area contributed by atoms with Crippen LogP contribution in [0.1, 0.15) is 35.3 Å². The van der Waals surface area contributed by atoms with Gasteiger partial charge >= 0.3 is 0 Å². The zero-order chi connectivity index (χ0) is 18.4. The van der Waals surface area contributed by atoms with Gasteiger partial charge in [0.05, 0.1) is 5.60 Å². The molecule has 0 atom stereocenters. The number of rotatable bonds is 7. The van der Waals surface area contributed by atoms with Crippen LogP contribution in [0.5, 0.6) is 0 Å². The van der Waals surface area contributed by atoms with E-state index < -0.39 is 5.60 Å². The molecule has 4 heteroatoms. The molecular formula is C21H28N2O2. The summed E-state index contributed by atoms with van der Waals surface area (Å²) in [5, 5.41) is 10.2. The summed E-state index contributed by atoms with van der Waals surface area (Å²) in [6, 6.07) is 17.5. The highest BCUT2D eigenvalue weighted by molar-refractivity contribution is 5.94. The standard InChI is InChI=1S/C21H28N2O2/c1-21(2,25)16-23(15-17-8-6-5-7-9-17)20(24)19-12-10-18(11-13-19)14-22(3)4/h5-13,25H,14-16H2,1-4H3. The van der Waals surface area contributed by atoms with Gasteiger partial charge in [0, 0.05) is 25.2 Å². The van der Waals surface area contributed by atoms with Crippen molar-refractivity contribution < 1.29 is 9.90 Å². The van der Waals surface area contributed by atoms with Gasteiger partial charge in [0.15, 0.2) is 0 Å². The lowest BCUT2D eigenvalue weighted by atomic mass is 10.1. The Hall–Kier alpha value is -2.17. The van der Waals surface area contributed by atoms with E-state index in [-0.39, 0.29) is 12.5 Å². The fourth-order valence-electron chi connectivity index (χ4n) is 2.77. The van der Waals surface area contributed by atoms with E-state index in [0.717, 1.165) is 12.1 Å². The molecule has 2 aromatic carbocycles. The average molecular weight is 340 g/mol. The SMILES string of the molecule is CN(C)Cc1ccc(C(=O)N(Cc2ccccc2)CC(C)(C)O)cc1. The highest BCUT2D eigenvalue weighted by atomic mass is 16.3. The molecule has 0 saturated heterocycles. The molecule has 0 aliphatic heterocycles. The molecule has 0 aliphatic rings. The smallest absolute Gasteiger partial charge is 0.254 e. The van der Waals surface area contributed by atoms with Gasteiger partial charge in [-0.3, -0.25) is 4.79 Å². The number of benzene rings is 2. The van der Waals surface area contributed by atoms with Gasteiger partial charge < -0.3 is 14.9 Å². The fraction of sp³-hybridized carbons (Fsp3) is 0.381. The Balaban J connectivity index is 2.19. The first-order valence-electron chi connectivity index (χ1n) is 8.54. The van der Waals surface area contributed by atoms with Crippen LogP contribution in [0.2, 0.25) is 0 Å². The third-order valence-corrected chi connectivity index (χ3v) is 3.78. The molecule has 0 unspecified atom stereocenters. The van der Waals surface area contributed by atoms with Crippen LogP contribution >= 0.6 is 0 Å². The molecule has 2 aromatic rings. The Morgan fingerprint density at radius 2 is 1.48 bits per heavy atom. The molecule has 1 N–H and O–H groups in total. The van der Waals surface area contributed by atoms with Crippen LogP contribution in [0.4, 0.5) is 0 Å². The van der Waals surface area contributed by atoms with Crippen molar-refractivity contribution in [3.63, 3.8) is 0 Å². The topological polar surface area (TPSA) is 43.8 Å². The summed E-state index contributed by atoms with van der Waals surface area (Å²) >= 11 is 0. The first kappa shape index (κ1) is 19.2. The lowest BCUT2D eigenvalue weighted by Gasteiger charge is -2.29. The van der Waals surface area contributed by atoms with Gasteiger partial charge in [0.1, 0.15) is 0 Å². The Morgan fingerprint density at radius 3 is 2.00 bits per heavy atom. The van der Waals surface area contributed by atoms with Crippen LogP contribution in [0, 0.1) is 0 Å². The minimum atomic E-state index is -0.949. The summed E-state index contributed by atoms with van der Waals surface area (Å²) in [6.45, 7) is 5.03. The molecule has 0 radical (unpaired) electrons. The average Bonchev–Trinajstić information content (AvgIpc) is 2.53. The predicted octanol–water partition coefficient (Wildman–Crippen LogP) is 3.16. The van der Waals surface area contributed by atoms with Crippen molar-refractivity contribution in [1.82, 2.24) is 9.80 Å². The van der Waals surface area contributed by atoms with Crippen molar-refractivity contribution in [2.45, 2.75) is 32.5 Å². The second kappa shape index (κ2) is 8.28. The first-order chi connectivity index (χ1) is 11.7. The Morgan fingerprint density at radius 1 is 0.920 bits per heavy atom. The van der Waals surface area contributed by atoms with Gasteiger partial charge in [-0.2, -0.15) is 0 Å². The number of carbonyl (C=O) groups is 1. The zero-order valence-electron chi connectivity index (χ0n) is 15.6. The summed E-state index contributed by atoms with van der Waals surface area (Å²) in [5.74, 6) is -0.0672. The summed E-state index contributed by atoms with van der Waals surface area (Å²) in [5.41, 5.74) is 1.90. The minimum Gasteiger partial charge on any atom is -0.389 e. The van der Waals surface area contributed by atoms with Crippen molar-refractivity contribution >= 4 is 5.91 Å². The molecule has 25 heavy (non-hydrogen) atoms. The lowest BCUT2D eigenvalue weighted by Crippen LogP contribution is -2.41. The Kier molecular flexibility index (Phi) is 6.34. The highest BCUT2D eigenvalue weighted by Gasteiger charge is 2.23. The number of hydrogen-bond acceptors (Lipinski definition) is 3. The molecule has 0 aromatic heterocycles. The van der Waals surface area contributed by atoms with Gasteiger partial charge in [-0.1, -0.05) is 42.5 Å². The van der Waals surface area contributed by atoms with Gasteiger partial charge in [-0.15, -0.1) is 0 Å². The number of carbonyl (C=O) groups excluding carboxylic acids is 1. The maximum atomic E-state index is 13.0. The zero-order valence-corrected chi connectivity index (χ0v) is 15.6. The van der Waals surface area contributed by atoms with Gasteiger partial charge in [0.2, 0.25) is 0 Å². The maximum absolute atomic E-state index is 13.0. The summed E-state index contributed by atoms with van der Waals surface area (Å²) in [4.78, 5) is 16.8. The quantitative estimate of drug-likeness (QED) is 0.842. The molecule has 0 bridgehead atoms. The van der Waals surface area contributed by atoms with E-state index in [1.807, 2.05) is 68.7 Å². The summed E-state index contributed by atoms with van der Waals surface area (Å²) in [6.07, 6.45) is 0. The van der Waals surface area contributed by atoms with Crippen molar-refractivity contribution in [2.24, 2.45) is 0 Å². The molecular weight excluding hydrogens is 312 g/mol. The van der Waals surface area contributed by atoms with Gasteiger partial charge in [0.25, 0.3) is 5.91 Å². The van der Waals surface area contributed by atoms with Crippen molar-refractivity contribution in [1.29, 1.82) is 0 Å². The third-order valence-electron chi connectivity index (χ3n) is 3.78. The molecule has 2 rings (SSSR count). The normalized spacial score (nSPS) is 11.6. The first-order valence-corrected chi connectivity index (χ1v) is 8.54. The largest absolute Gasteiger partial charge is 0.389 e. The Bertz CT molecular complexity index is 673. The summed E-state index contributed by atoms with van der Waals surface area (Å²) < 4.78 is 0. The predicted molar refractivity (Wildman–Crippen MR) is 101 cm³/mol. The molecule has 4 nitrogen and oxygen atoms in total. The van der Waals surface area contributed by atoms with Gasteiger partial charge in [-0.25, -0.2) is 0 Å². The number of nitrogens with zero attached hydrogens (tertiary/aromatic N) is 2. The van der Waals surface area contributed by atoms with Crippen LogP contribution in [0.25, 0.3) is 0 Å². The van der Waals surface area contributed by atoms with E-state index in [1.54, 1.807) is 18.7 Å². The second-order valence-electron chi connectivity index (χ2n) is 7.39. The van der Waals surface area contributed by atoms with E-state index in [2.05, 4.69) is 4.90 Å². The number of hydrogen-bond donors (Lipinski definition) is 1. The monoisotopic (exact) mass is 340 g/mol. The molecule has 1 amide bonds. The molecule has 0 aliphatic carbocycles. The lowest BCUT2D eigenvalue weighted by molar-refractivity contribution is 0.0280. The molecule has 0 saturated carbocycles. The van der Waals surface area contributed by atoms with Crippen molar-refractivity contribution in [2.75, 3.05) is 20.6 Å². The van der Waals surface area contributed by atoms with Crippen molar-refractivity contribution in [3.05, 3.63) is 71.3 Å². The summed E-state index contributed by atoms with van der Waals surface area (Å²) in [7, 11) is 4.04. The second-order valence-corrected chi connectivity index (χ2v) is 7.39. The van der Waals surface area contributed by atoms with E-state index in [0.29, 0.717) is 12.1 Å². The van der Waals surface area contributed by atoms with E-state index in [9.17, 15) is 9.90 Å². The van der Waals surface area contributed by atoms with Crippen molar-refractivity contribution in [3.8, 4) is 0 Å². The molecule has 0 heterocycles. The van der Waals surface area contributed by atoms with E-state index in [1.165, 1.54) is 5.56 Å². The maximum Gasteiger partial charge on any atom is 0.254 e. The Labute approximate surface area is 150 Å². The molecule has 0 spiro atoms. The van der Waals surface area contributed by atoms with Crippen LogP contribution in [0.3, 0.4) is 0 Å². The molecule has 134 valence electrons. The minimum absolute atomic E-state index is 0.0672. The van der Waals surface area contributed by atoms with Crippen LogP contribution in [-0.4, -0.2) is 47.1 Å². The number of aliphatic hydroxyl groups is 1. The van der Waals surface area contributed by atoms with Crippen LogP contribution in [0.15, 0.2) is 54.6 Å². The van der Waals surface area contributed by atoms with E-state index >= 15 is 0 Å². The van der Waals surface area contributed by atoms with Gasteiger partial charge in [-0.05, 0) is 51.2 Å². The third kappa shape index (κ3) is 6.33. The van der Waals surface area contributed by atoms with Crippen LogP contribution < -0.4 is 0 Å². The molecule has 0 fully saturated rings. The van der Waals surface area contributed by atoms with E-state index in [4.69, 9.17) is 0 Å².